The fourth-order valence-corrected chi connectivity index (χ4v) is 2.28. The molecule has 0 bridgehead atoms. The molecule has 0 aliphatic rings. The van der Waals surface area contributed by atoms with Gasteiger partial charge >= 0.3 is 0 Å². The summed E-state index contributed by atoms with van der Waals surface area (Å²) in [4.78, 5) is 15.7. The number of aryl methyl sites for hydroxylation is 1. The number of H-pyrrole nitrogens is 1. The maximum Gasteiger partial charge on any atom is 0.145 e. The van der Waals surface area contributed by atoms with Crippen molar-refractivity contribution in [3.8, 4) is 22.6 Å². The Bertz CT molecular complexity index is 731. The number of benzene rings is 1. The number of hydrogen-bond donors (Lipinski definition) is 2. The Morgan fingerprint density at radius 3 is 2.60 bits per heavy atom. The molecule has 2 aromatic heterocycles. The third kappa shape index (κ3) is 2.12. The quantitative estimate of drug-likeness (QED) is 0.709. The summed E-state index contributed by atoms with van der Waals surface area (Å²) in [6.07, 6.45) is 1.33. The maximum atomic E-state index is 6.08. The van der Waals surface area contributed by atoms with Crippen LogP contribution in [0.5, 0.6) is 0 Å². The zero-order valence-corrected chi connectivity index (χ0v) is 11.5. The van der Waals surface area contributed by atoms with Crippen LogP contribution in [0.1, 0.15) is 5.69 Å². The summed E-state index contributed by atoms with van der Waals surface area (Å²) < 4.78 is 0. The number of imidazole rings is 1. The molecular weight excluding hydrogens is 274 g/mol. The Morgan fingerprint density at radius 1 is 1.15 bits per heavy atom. The van der Waals surface area contributed by atoms with Crippen molar-refractivity contribution in [1.29, 1.82) is 0 Å². The number of aromatic nitrogens is 4. The summed E-state index contributed by atoms with van der Waals surface area (Å²) in [5.74, 6) is 0.878. The minimum Gasteiger partial charge on any atom is -0.383 e. The summed E-state index contributed by atoms with van der Waals surface area (Å²) in [7, 11) is 0. The Hall–Kier alpha value is -2.40. The van der Waals surface area contributed by atoms with Crippen LogP contribution >= 0.6 is 11.6 Å². The topological polar surface area (TPSA) is 80.5 Å². The highest BCUT2D eigenvalue weighted by atomic mass is 35.5. The minimum absolute atomic E-state index is 0.283. The summed E-state index contributed by atoms with van der Waals surface area (Å²) in [5.41, 5.74) is 9.21. The molecule has 100 valence electrons. The molecule has 1 aromatic carbocycles. The van der Waals surface area contributed by atoms with E-state index in [4.69, 9.17) is 17.3 Å². The average molecular weight is 286 g/mol. The molecule has 5 nitrogen and oxygen atoms in total. The number of nitrogens with one attached hydrogen (secondary N) is 1. The molecule has 0 atom stereocenters. The van der Waals surface area contributed by atoms with E-state index < -0.39 is 0 Å². The number of halogens is 1. The molecule has 0 amide bonds. The van der Waals surface area contributed by atoms with Gasteiger partial charge in [-0.25, -0.2) is 15.0 Å². The van der Waals surface area contributed by atoms with Gasteiger partial charge in [0.05, 0.1) is 11.3 Å². The predicted octanol–water partition coefficient (Wildman–Crippen LogP) is 3.08. The highest BCUT2D eigenvalue weighted by Crippen LogP contribution is 2.31. The second-order valence-corrected chi connectivity index (χ2v) is 4.71. The van der Waals surface area contributed by atoms with Gasteiger partial charge in [0, 0.05) is 11.3 Å². The van der Waals surface area contributed by atoms with Crippen molar-refractivity contribution < 1.29 is 0 Å². The zero-order chi connectivity index (χ0) is 14.1. The Morgan fingerprint density at radius 2 is 1.90 bits per heavy atom. The molecule has 3 aromatic rings. The number of aromatic amines is 1. The van der Waals surface area contributed by atoms with Crippen LogP contribution in [0, 0.1) is 6.92 Å². The lowest BCUT2D eigenvalue weighted by Gasteiger charge is -2.02. The van der Waals surface area contributed by atoms with E-state index >= 15 is 0 Å². The Labute approximate surface area is 120 Å². The Kier molecular flexibility index (Phi) is 3.12. The number of anilines is 1. The van der Waals surface area contributed by atoms with Crippen LogP contribution in [0.4, 0.5) is 5.82 Å². The largest absolute Gasteiger partial charge is 0.383 e. The van der Waals surface area contributed by atoms with Crippen LogP contribution in [0.3, 0.4) is 0 Å². The molecule has 3 N–H and O–H groups in total. The van der Waals surface area contributed by atoms with Crippen molar-refractivity contribution in [2.24, 2.45) is 0 Å². The van der Waals surface area contributed by atoms with E-state index in [0.29, 0.717) is 17.2 Å². The van der Waals surface area contributed by atoms with Gasteiger partial charge in [0.25, 0.3) is 0 Å². The van der Waals surface area contributed by atoms with Crippen molar-refractivity contribution in [2.45, 2.75) is 6.92 Å². The van der Waals surface area contributed by atoms with Gasteiger partial charge in [0.15, 0.2) is 0 Å². The summed E-state index contributed by atoms with van der Waals surface area (Å²) >= 11 is 6.08. The molecular formula is C14H12ClN5. The van der Waals surface area contributed by atoms with Gasteiger partial charge in [-0.3, -0.25) is 0 Å². The van der Waals surface area contributed by atoms with E-state index in [1.807, 2.05) is 37.3 Å². The standard InChI is InChI=1S/C14H12ClN5/c1-8-11(9-5-3-2-4-6-9)20-14(19-8)10-12(15)17-7-18-13(10)16/h2-7H,1H3,(H,19,20)(H2,16,17,18). The molecule has 0 aliphatic carbocycles. The third-order valence-electron chi connectivity index (χ3n) is 3.00. The van der Waals surface area contributed by atoms with Crippen LogP contribution in [-0.4, -0.2) is 19.9 Å². The molecule has 2 heterocycles. The molecule has 6 heteroatoms. The van der Waals surface area contributed by atoms with Crippen molar-refractivity contribution in [2.75, 3.05) is 5.73 Å². The highest BCUT2D eigenvalue weighted by Gasteiger charge is 2.16. The predicted molar refractivity (Wildman–Crippen MR) is 79.2 cm³/mol. The fourth-order valence-electron chi connectivity index (χ4n) is 2.05. The van der Waals surface area contributed by atoms with E-state index in [-0.39, 0.29) is 5.15 Å². The maximum absolute atomic E-state index is 6.08. The second kappa shape index (κ2) is 4.94. The molecule has 20 heavy (non-hydrogen) atoms. The highest BCUT2D eigenvalue weighted by molar-refractivity contribution is 6.32. The van der Waals surface area contributed by atoms with Crippen molar-refractivity contribution in [3.63, 3.8) is 0 Å². The van der Waals surface area contributed by atoms with Crippen molar-refractivity contribution in [1.82, 2.24) is 19.9 Å². The van der Waals surface area contributed by atoms with Crippen LogP contribution in [0.15, 0.2) is 36.7 Å². The van der Waals surface area contributed by atoms with Crippen LogP contribution in [-0.2, 0) is 0 Å². The zero-order valence-electron chi connectivity index (χ0n) is 10.8. The molecule has 0 spiro atoms. The number of hydrogen-bond acceptors (Lipinski definition) is 4. The molecule has 3 rings (SSSR count). The normalized spacial score (nSPS) is 10.7. The van der Waals surface area contributed by atoms with Gasteiger partial charge < -0.3 is 10.7 Å². The van der Waals surface area contributed by atoms with E-state index in [9.17, 15) is 0 Å². The van der Waals surface area contributed by atoms with Crippen LogP contribution in [0.25, 0.3) is 22.6 Å². The van der Waals surface area contributed by atoms with Gasteiger partial charge in [0.1, 0.15) is 23.1 Å². The van der Waals surface area contributed by atoms with Crippen LogP contribution < -0.4 is 5.73 Å². The Balaban J connectivity index is 2.15. The van der Waals surface area contributed by atoms with Crippen molar-refractivity contribution in [3.05, 3.63) is 47.5 Å². The number of rotatable bonds is 2. The molecule has 0 radical (unpaired) electrons. The molecule has 0 fully saturated rings. The lowest BCUT2D eigenvalue weighted by molar-refractivity contribution is 1.16. The van der Waals surface area contributed by atoms with Gasteiger partial charge in [-0.15, -0.1) is 0 Å². The average Bonchev–Trinajstić information content (AvgIpc) is 2.81. The summed E-state index contributed by atoms with van der Waals surface area (Å²) in [5, 5.41) is 0.283. The van der Waals surface area contributed by atoms with E-state index in [1.54, 1.807) is 0 Å². The molecule has 0 unspecified atom stereocenters. The molecule has 0 saturated carbocycles. The summed E-state index contributed by atoms with van der Waals surface area (Å²) in [6.45, 7) is 1.95. The summed E-state index contributed by atoms with van der Waals surface area (Å²) in [6, 6.07) is 9.90. The number of nitrogens with zero attached hydrogens (tertiary/aromatic N) is 3. The lowest BCUT2D eigenvalue weighted by atomic mass is 10.1. The minimum atomic E-state index is 0.283. The van der Waals surface area contributed by atoms with E-state index in [2.05, 4.69) is 19.9 Å². The van der Waals surface area contributed by atoms with E-state index in [1.165, 1.54) is 6.33 Å². The van der Waals surface area contributed by atoms with E-state index in [0.717, 1.165) is 17.0 Å². The van der Waals surface area contributed by atoms with Crippen LogP contribution in [0.2, 0.25) is 5.15 Å². The lowest BCUT2D eigenvalue weighted by Crippen LogP contribution is -1.97. The van der Waals surface area contributed by atoms with Gasteiger partial charge in [0.2, 0.25) is 0 Å². The van der Waals surface area contributed by atoms with Gasteiger partial charge in [-0.05, 0) is 6.92 Å². The first-order valence-corrected chi connectivity index (χ1v) is 6.43. The first kappa shape index (κ1) is 12.6. The number of nitrogen functional groups attached to an aromatic ring is 1. The third-order valence-corrected chi connectivity index (χ3v) is 3.29. The molecule has 0 saturated heterocycles. The number of nitrogens with two attached hydrogens (primary N) is 1. The second-order valence-electron chi connectivity index (χ2n) is 4.35. The van der Waals surface area contributed by atoms with Gasteiger partial charge in [-0.1, -0.05) is 41.9 Å². The molecule has 0 aliphatic heterocycles. The van der Waals surface area contributed by atoms with Gasteiger partial charge in [-0.2, -0.15) is 0 Å². The fraction of sp³-hybridized carbons (Fsp3) is 0.0714. The first-order valence-electron chi connectivity index (χ1n) is 6.05. The monoisotopic (exact) mass is 285 g/mol. The smallest absolute Gasteiger partial charge is 0.145 e. The SMILES string of the molecule is Cc1[nH]c(-c2c(N)ncnc2Cl)nc1-c1ccccc1. The van der Waals surface area contributed by atoms with Crippen molar-refractivity contribution >= 4 is 17.4 Å². The first-order chi connectivity index (χ1) is 9.66.